The SMILES string of the molecule is CO[C@@H]1C[C@H](CNC(=O)c2[nH]ccc2C2CC2)N(c2ccncn2)C1. The van der Waals surface area contributed by atoms with Gasteiger partial charge in [-0.3, -0.25) is 4.79 Å². The van der Waals surface area contributed by atoms with Gasteiger partial charge in [0.1, 0.15) is 17.8 Å². The van der Waals surface area contributed by atoms with Gasteiger partial charge >= 0.3 is 0 Å². The molecule has 3 heterocycles. The number of methoxy groups -OCH3 is 1. The second kappa shape index (κ2) is 6.84. The van der Waals surface area contributed by atoms with Crippen molar-refractivity contribution in [3.8, 4) is 0 Å². The minimum atomic E-state index is -0.0320. The Hall–Kier alpha value is -2.41. The number of ether oxygens (including phenoxy) is 1. The van der Waals surface area contributed by atoms with Crippen LogP contribution >= 0.6 is 0 Å². The van der Waals surface area contributed by atoms with Crippen molar-refractivity contribution in [3.05, 3.63) is 42.1 Å². The van der Waals surface area contributed by atoms with Crippen molar-refractivity contribution in [1.29, 1.82) is 0 Å². The molecule has 2 aromatic rings. The van der Waals surface area contributed by atoms with Gasteiger partial charge in [-0.15, -0.1) is 0 Å². The second-order valence-electron chi connectivity index (χ2n) is 6.76. The van der Waals surface area contributed by atoms with Crippen molar-refractivity contribution in [1.82, 2.24) is 20.3 Å². The molecular formula is C18H23N5O2. The maximum atomic E-state index is 12.6. The van der Waals surface area contributed by atoms with E-state index in [1.165, 1.54) is 12.8 Å². The van der Waals surface area contributed by atoms with E-state index >= 15 is 0 Å². The Morgan fingerprint density at radius 2 is 2.32 bits per heavy atom. The Labute approximate surface area is 146 Å². The topological polar surface area (TPSA) is 83.1 Å². The van der Waals surface area contributed by atoms with Crippen LogP contribution in [0.3, 0.4) is 0 Å². The molecule has 0 spiro atoms. The highest BCUT2D eigenvalue weighted by Crippen LogP contribution is 2.41. The quantitative estimate of drug-likeness (QED) is 0.836. The number of nitrogens with zero attached hydrogens (tertiary/aromatic N) is 3. The lowest BCUT2D eigenvalue weighted by Crippen LogP contribution is -2.40. The summed E-state index contributed by atoms with van der Waals surface area (Å²) in [6.07, 6.45) is 8.50. The largest absolute Gasteiger partial charge is 0.380 e. The molecule has 2 aromatic heterocycles. The average Bonchev–Trinajstić information content (AvgIpc) is 3.22. The second-order valence-corrected chi connectivity index (χ2v) is 6.76. The van der Waals surface area contributed by atoms with Crippen LogP contribution in [0.2, 0.25) is 0 Å². The summed E-state index contributed by atoms with van der Waals surface area (Å²) < 4.78 is 5.53. The third kappa shape index (κ3) is 3.37. The Balaban J connectivity index is 1.43. The van der Waals surface area contributed by atoms with E-state index in [0.29, 0.717) is 18.2 Å². The number of H-pyrrole nitrogens is 1. The molecule has 7 heteroatoms. The summed E-state index contributed by atoms with van der Waals surface area (Å²) in [7, 11) is 1.73. The van der Waals surface area contributed by atoms with Gasteiger partial charge in [-0.1, -0.05) is 0 Å². The summed E-state index contributed by atoms with van der Waals surface area (Å²) in [4.78, 5) is 26.2. The first-order valence-corrected chi connectivity index (χ1v) is 8.77. The maximum absolute atomic E-state index is 12.6. The number of aromatic nitrogens is 3. The highest BCUT2D eigenvalue weighted by atomic mass is 16.5. The number of carbonyl (C=O) groups is 1. The maximum Gasteiger partial charge on any atom is 0.268 e. The highest BCUT2D eigenvalue weighted by molar-refractivity contribution is 5.94. The molecule has 2 atom stereocenters. The summed E-state index contributed by atoms with van der Waals surface area (Å²) in [5.74, 6) is 1.39. The number of nitrogens with one attached hydrogen (secondary N) is 2. The van der Waals surface area contributed by atoms with Gasteiger partial charge in [0.2, 0.25) is 0 Å². The van der Waals surface area contributed by atoms with Crippen molar-refractivity contribution in [3.63, 3.8) is 0 Å². The zero-order valence-corrected chi connectivity index (χ0v) is 14.3. The zero-order valence-electron chi connectivity index (χ0n) is 14.3. The molecule has 25 heavy (non-hydrogen) atoms. The molecule has 0 aromatic carbocycles. The number of hydrogen-bond donors (Lipinski definition) is 2. The molecule has 0 bridgehead atoms. The summed E-state index contributed by atoms with van der Waals surface area (Å²) in [5.41, 5.74) is 1.85. The minimum Gasteiger partial charge on any atom is -0.380 e. The van der Waals surface area contributed by atoms with Gasteiger partial charge in [0.15, 0.2) is 0 Å². The summed E-state index contributed by atoms with van der Waals surface area (Å²) in [6, 6.07) is 4.07. The zero-order chi connectivity index (χ0) is 17.2. The van der Waals surface area contributed by atoms with E-state index in [4.69, 9.17) is 4.74 Å². The predicted octanol–water partition coefficient (Wildman–Crippen LogP) is 1.71. The predicted molar refractivity (Wildman–Crippen MR) is 93.7 cm³/mol. The molecule has 0 radical (unpaired) electrons. The molecule has 1 aliphatic heterocycles. The molecule has 1 amide bonds. The van der Waals surface area contributed by atoms with Gasteiger partial charge in [0.05, 0.1) is 12.1 Å². The van der Waals surface area contributed by atoms with Crippen LogP contribution in [-0.4, -0.2) is 53.2 Å². The minimum absolute atomic E-state index is 0.0320. The van der Waals surface area contributed by atoms with Crippen LogP contribution in [0.1, 0.15) is 41.2 Å². The van der Waals surface area contributed by atoms with E-state index in [0.717, 1.165) is 24.3 Å². The van der Waals surface area contributed by atoms with Crippen LogP contribution in [0, 0.1) is 0 Å². The lowest BCUT2D eigenvalue weighted by molar-refractivity contribution is 0.0941. The van der Waals surface area contributed by atoms with E-state index in [-0.39, 0.29) is 18.1 Å². The number of aromatic amines is 1. The van der Waals surface area contributed by atoms with Gasteiger partial charge in [-0.05, 0) is 42.9 Å². The lowest BCUT2D eigenvalue weighted by atomic mass is 10.1. The van der Waals surface area contributed by atoms with Gasteiger partial charge in [0.25, 0.3) is 5.91 Å². The number of hydrogen-bond acceptors (Lipinski definition) is 5. The number of amides is 1. The van der Waals surface area contributed by atoms with E-state index in [9.17, 15) is 4.79 Å². The Kier molecular flexibility index (Phi) is 4.40. The van der Waals surface area contributed by atoms with Crippen LogP contribution in [0.5, 0.6) is 0 Å². The number of rotatable bonds is 6. The normalized spacial score (nSPS) is 23.0. The van der Waals surface area contributed by atoms with Crippen molar-refractivity contribution >= 4 is 11.7 Å². The van der Waals surface area contributed by atoms with Gasteiger partial charge in [0, 0.05) is 32.6 Å². The fourth-order valence-electron chi connectivity index (χ4n) is 3.58. The molecule has 1 saturated heterocycles. The molecule has 2 fully saturated rings. The molecule has 2 aliphatic rings. The third-order valence-electron chi connectivity index (χ3n) is 5.09. The molecule has 132 valence electrons. The van der Waals surface area contributed by atoms with E-state index in [2.05, 4.69) is 25.2 Å². The first-order chi connectivity index (χ1) is 12.3. The molecule has 7 nitrogen and oxygen atoms in total. The van der Waals surface area contributed by atoms with E-state index in [1.54, 1.807) is 19.6 Å². The van der Waals surface area contributed by atoms with Crippen LogP contribution in [0.15, 0.2) is 30.9 Å². The van der Waals surface area contributed by atoms with Gasteiger partial charge < -0.3 is 19.9 Å². The fraction of sp³-hybridized carbons (Fsp3) is 0.500. The van der Waals surface area contributed by atoms with Crippen molar-refractivity contribution in [2.24, 2.45) is 0 Å². The first kappa shape index (κ1) is 16.1. The van der Waals surface area contributed by atoms with Crippen LogP contribution < -0.4 is 10.2 Å². The van der Waals surface area contributed by atoms with Crippen LogP contribution in [-0.2, 0) is 4.74 Å². The molecule has 2 N–H and O–H groups in total. The summed E-state index contributed by atoms with van der Waals surface area (Å²) in [6.45, 7) is 1.33. The summed E-state index contributed by atoms with van der Waals surface area (Å²) in [5, 5.41) is 3.08. The Morgan fingerprint density at radius 3 is 3.04 bits per heavy atom. The van der Waals surface area contributed by atoms with E-state index in [1.807, 2.05) is 18.3 Å². The molecule has 0 unspecified atom stereocenters. The number of anilines is 1. The Morgan fingerprint density at radius 1 is 1.44 bits per heavy atom. The van der Waals surface area contributed by atoms with Crippen LogP contribution in [0.4, 0.5) is 5.82 Å². The molecule has 1 aliphatic carbocycles. The van der Waals surface area contributed by atoms with Crippen molar-refractivity contribution in [2.45, 2.75) is 37.3 Å². The van der Waals surface area contributed by atoms with Crippen LogP contribution in [0.25, 0.3) is 0 Å². The first-order valence-electron chi connectivity index (χ1n) is 8.77. The lowest BCUT2D eigenvalue weighted by Gasteiger charge is -2.25. The van der Waals surface area contributed by atoms with Crippen molar-refractivity contribution in [2.75, 3.05) is 25.1 Å². The number of carbonyl (C=O) groups excluding carboxylic acids is 1. The standard InChI is InChI=1S/C18H23N5O2/c1-25-14-8-13(23(10-14)16-5-6-19-11-22-16)9-21-18(24)17-15(4-7-20-17)12-2-3-12/h4-7,11-14,20H,2-3,8-10H2,1H3,(H,21,24)/t13-,14-/m1/s1. The highest BCUT2D eigenvalue weighted by Gasteiger charge is 2.34. The average molecular weight is 341 g/mol. The third-order valence-corrected chi connectivity index (χ3v) is 5.09. The van der Waals surface area contributed by atoms with E-state index < -0.39 is 0 Å². The smallest absolute Gasteiger partial charge is 0.268 e. The molecule has 4 rings (SSSR count). The van der Waals surface area contributed by atoms with Gasteiger partial charge in [-0.25, -0.2) is 9.97 Å². The van der Waals surface area contributed by atoms with Gasteiger partial charge in [-0.2, -0.15) is 0 Å². The molecule has 1 saturated carbocycles. The fourth-order valence-corrected chi connectivity index (χ4v) is 3.58. The van der Waals surface area contributed by atoms with Crippen molar-refractivity contribution < 1.29 is 9.53 Å². The molecular weight excluding hydrogens is 318 g/mol. The summed E-state index contributed by atoms with van der Waals surface area (Å²) >= 11 is 0. The Bertz CT molecular complexity index is 728. The monoisotopic (exact) mass is 341 g/mol.